The second kappa shape index (κ2) is 8.97. The Labute approximate surface area is 165 Å². The molecule has 1 aliphatic heterocycles. The average molecular weight is 408 g/mol. The van der Waals surface area contributed by atoms with Gasteiger partial charge in [0.2, 0.25) is 15.9 Å². The Morgan fingerprint density at radius 1 is 1.07 bits per heavy atom. The minimum Gasteiger partial charge on any atom is -0.339 e. The van der Waals surface area contributed by atoms with E-state index < -0.39 is 10.0 Å². The van der Waals surface area contributed by atoms with Crippen LogP contribution in [0.25, 0.3) is 0 Å². The van der Waals surface area contributed by atoms with Gasteiger partial charge in [0.15, 0.2) is 0 Å². The van der Waals surface area contributed by atoms with Gasteiger partial charge in [0.1, 0.15) is 0 Å². The Kier molecular flexibility index (Phi) is 6.64. The van der Waals surface area contributed by atoms with Gasteiger partial charge >= 0.3 is 0 Å². The van der Waals surface area contributed by atoms with Crippen LogP contribution in [0.4, 0.5) is 0 Å². The second-order valence-electron chi connectivity index (χ2n) is 6.48. The highest BCUT2D eigenvalue weighted by Gasteiger charge is 2.30. The maximum absolute atomic E-state index is 12.7. The number of hydrogen-bond donors (Lipinski definition) is 0. The molecule has 0 spiro atoms. The van der Waals surface area contributed by atoms with Crippen LogP contribution in [0.1, 0.15) is 11.8 Å². The summed E-state index contributed by atoms with van der Waals surface area (Å²) in [4.78, 5) is 18.1. The van der Waals surface area contributed by atoms with Crippen molar-refractivity contribution in [3.8, 4) is 0 Å². The number of thiophene rings is 1. The molecule has 2 heterocycles. The van der Waals surface area contributed by atoms with Crippen molar-refractivity contribution in [1.29, 1.82) is 0 Å². The quantitative estimate of drug-likeness (QED) is 0.705. The summed E-state index contributed by atoms with van der Waals surface area (Å²) in [6, 6.07) is 12.5. The SMILES string of the molecule is CCN(CC(=O)N1CCN(S(=O)(=O)c2ccccc2)CC1)Cc1cccs1. The fourth-order valence-corrected chi connectivity index (χ4v) is 5.30. The third-order valence-corrected chi connectivity index (χ3v) is 7.51. The number of carbonyl (C=O) groups excluding carboxylic acids is 1. The molecular weight excluding hydrogens is 382 g/mol. The monoisotopic (exact) mass is 407 g/mol. The Balaban J connectivity index is 1.54. The largest absolute Gasteiger partial charge is 0.339 e. The first kappa shape index (κ1) is 20.0. The molecule has 8 heteroatoms. The van der Waals surface area contributed by atoms with Crippen molar-refractivity contribution < 1.29 is 13.2 Å². The number of likely N-dealkylation sites (N-methyl/N-ethyl adjacent to an activating group) is 1. The van der Waals surface area contributed by atoms with Crippen molar-refractivity contribution in [1.82, 2.24) is 14.1 Å². The number of sulfonamides is 1. The van der Waals surface area contributed by atoms with E-state index in [1.54, 1.807) is 46.6 Å². The lowest BCUT2D eigenvalue weighted by atomic mass is 10.3. The molecule has 1 aliphatic rings. The van der Waals surface area contributed by atoms with Crippen LogP contribution in [0.15, 0.2) is 52.7 Å². The minimum absolute atomic E-state index is 0.0603. The van der Waals surface area contributed by atoms with Crippen molar-refractivity contribution in [3.63, 3.8) is 0 Å². The molecule has 0 bridgehead atoms. The Bertz CT molecular complexity index is 830. The van der Waals surface area contributed by atoms with Crippen LogP contribution in [0.5, 0.6) is 0 Å². The van der Waals surface area contributed by atoms with E-state index in [1.807, 2.05) is 18.4 Å². The molecule has 1 aromatic heterocycles. The van der Waals surface area contributed by atoms with Gasteiger partial charge in [-0.2, -0.15) is 4.31 Å². The van der Waals surface area contributed by atoms with E-state index in [2.05, 4.69) is 11.0 Å². The summed E-state index contributed by atoms with van der Waals surface area (Å²) < 4.78 is 26.8. The van der Waals surface area contributed by atoms with E-state index in [4.69, 9.17) is 0 Å². The van der Waals surface area contributed by atoms with Gasteiger partial charge in [-0.05, 0) is 30.1 Å². The molecule has 6 nitrogen and oxygen atoms in total. The molecule has 3 rings (SSSR count). The summed E-state index contributed by atoms with van der Waals surface area (Å²) in [5, 5.41) is 2.04. The van der Waals surface area contributed by atoms with Crippen molar-refractivity contribution in [2.24, 2.45) is 0 Å². The third-order valence-electron chi connectivity index (χ3n) is 4.74. The summed E-state index contributed by atoms with van der Waals surface area (Å²) in [7, 11) is -3.49. The van der Waals surface area contributed by atoms with E-state index >= 15 is 0 Å². The van der Waals surface area contributed by atoms with Gasteiger partial charge in [0.25, 0.3) is 0 Å². The van der Waals surface area contributed by atoms with Crippen LogP contribution in [0, 0.1) is 0 Å². The number of hydrogen-bond acceptors (Lipinski definition) is 5. The first-order valence-electron chi connectivity index (χ1n) is 9.08. The van der Waals surface area contributed by atoms with Crippen LogP contribution in [-0.4, -0.2) is 67.7 Å². The lowest BCUT2D eigenvalue weighted by Gasteiger charge is -2.35. The fourth-order valence-electron chi connectivity index (χ4n) is 3.11. The van der Waals surface area contributed by atoms with Crippen molar-refractivity contribution in [3.05, 3.63) is 52.7 Å². The second-order valence-corrected chi connectivity index (χ2v) is 9.45. The topological polar surface area (TPSA) is 60.9 Å². The van der Waals surface area contributed by atoms with Gasteiger partial charge in [0, 0.05) is 37.6 Å². The fraction of sp³-hybridized carbons (Fsp3) is 0.421. The maximum atomic E-state index is 12.7. The summed E-state index contributed by atoms with van der Waals surface area (Å²) in [5.74, 6) is 0.0603. The molecule has 0 N–H and O–H groups in total. The number of amides is 1. The molecule has 1 fully saturated rings. The first-order chi connectivity index (χ1) is 13.0. The molecule has 27 heavy (non-hydrogen) atoms. The number of piperazine rings is 1. The molecule has 1 amide bonds. The Hall–Kier alpha value is -1.74. The van der Waals surface area contributed by atoms with Crippen LogP contribution >= 0.6 is 11.3 Å². The van der Waals surface area contributed by atoms with Gasteiger partial charge < -0.3 is 4.90 Å². The number of carbonyl (C=O) groups is 1. The minimum atomic E-state index is -3.49. The number of benzene rings is 1. The average Bonchev–Trinajstić information content (AvgIpc) is 3.21. The highest BCUT2D eigenvalue weighted by molar-refractivity contribution is 7.89. The van der Waals surface area contributed by atoms with Gasteiger partial charge in [-0.1, -0.05) is 31.2 Å². The van der Waals surface area contributed by atoms with Crippen molar-refractivity contribution in [2.75, 3.05) is 39.3 Å². The predicted octanol–water partition coefficient (Wildman–Crippen LogP) is 2.10. The van der Waals surface area contributed by atoms with Crippen molar-refractivity contribution >= 4 is 27.3 Å². The summed E-state index contributed by atoms with van der Waals surface area (Å²) >= 11 is 1.69. The lowest BCUT2D eigenvalue weighted by Crippen LogP contribution is -2.52. The molecule has 0 aliphatic carbocycles. The molecule has 0 saturated carbocycles. The normalized spacial score (nSPS) is 16.0. The number of rotatable bonds is 7. The molecule has 1 aromatic carbocycles. The molecule has 1 saturated heterocycles. The van der Waals surface area contributed by atoms with E-state index in [-0.39, 0.29) is 5.91 Å². The van der Waals surface area contributed by atoms with Crippen LogP contribution in [-0.2, 0) is 21.4 Å². The first-order valence-corrected chi connectivity index (χ1v) is 11.4. The van der Waals surface area contributed by atoms with E-state index in [0.29, 0.717) is 37.6 Å². The van der Waals surface area contributed by atoms with Crippen LogP contribution in [0.3, 0.4) is 0 Å². The lowest BCUT2D eigenvalue weighted by molar-refractivity contribution is -0.133. The molecule has 0 atom stereocenters. The molecule has 0 radical (unpaired) electrons. The van der Waals surface area contributed by atoms with E-state index in [9.17, 15) is 13.2 Å². The summed E-state index contributed by atoms with van der Waals surface area (Å²) in [6.07, 6.45) is 0. The highest BCUT2D eigenvalue weighted by Crippen LogP contribution is 2.17. The maximum Gasteiger partial charge on any atom is 0.243 e. The highest BCUT2D eigenvalue weighted by atomic mass is 32.2. The van der Waals surface area contributed by atoms with Gasteiger partial charge in [-0.25, -0.2) is 8.42 Å². The van der Waals surface area contributed by atoms with Gasteiger partial charge in [-0.15, -0.1) is 11.3 Å². The van der Waals surface area contributed by atoms with Crippen molar-refractivity contribution in [2.45, 2.75) is 18.4 Å². The smallest absolute Gasteiger partial charge is 0.243 e. The molecule has 2 aromatic rings. The Morgan fingerprint density at radius 2 is 1.78 bits per heavy atom. The van der Waals surface area contributed by atoms with Crippen LogP contribution in [0.2, 0.25) is 0 Å². The molecule has 0 unspecified atom stereocenters. The zero-order valence-corrected chi connectivity index (χ0v) is 17.1. The molecular formula is C19H25N3O3S2. The predicted molar refractivity (Wildman–Crippen MR) is 107 cm³/mol. The van der Waals surface area contributed by atoms with Gasteiger partial charge in [-0.3, -0.25) is 9.69 Å². The summed E-state index contributed by atoms with van der Waals surface area (Å²) in [5.41, 5.74) is 0. The van der Waals surface area contributed by atoms with Crippen LogP contribution < -0.4 is 0 Å². The number of nitrogens with zero attached hydrogens (tertiary/aromatic N) is 3. The van der Waals surface area contributed by atoms with E-state index in [0.717, 1.165) is 13.1 Å². The molecule has 146 valence electrons. The third kappa shape index (κ3) is 4.95. The Morgan fingerprint density at radius 3 is 2.37 bits per heavy atom. The standard InChI is InChI=1S/C19H25N3O3S2/c1-2-20(15-17-7-6-14-26-17)16-19(23)21-10-12-22(13-11-21)27(24,25)18-8-4-3-5-9-18/h3-9,14H,2,10-13,15-16H2,1H3. The zero-order chi connectivity index (χ0) is 19.3. The van der Waals surface area contributed by atoms with Gasteiger partial charge in [0.05, 0.1) is 11.4 Å². The van der Waals surface area contributed by atoms with E-state index in [1.165, 1.54) is 9.18 Å². The zero-order valence-electron chi connectivity index (χ0n) is 15.5. The summed E-state index contributed by atoms with van der Waals surface area (Å²) in [6.45, 7) is 5.50.